The van der Waals surface area contributed by atoms with E-state index < -0.39 is 0 Å². The van der Waals surface area contributed by atoms with Crippen molar-refractivity contribution in [3.63, 3.8) is 0 Å². The normalized spacial score (nSPS) is 23.7. The van der Waals surface area contributed by atoms with Gasteiger partial charge in [-0.05, 0) is 33.2 Å². The van der Waals surface area contributed by atoms with Crippen LogP contribution < -0.4 is 5.32 Å². The molecule has 5 nitrogen and oxygen atoms in total. The zero-order valence-corrected chi connectivity index (χ0v) is 13.7. The molecule has 0 aliphatic carbocycles. The van der Waals surface area contributed by atoms with Gasteiger partial charge in [0.15, 0.2) is 0 Å². The number of nitrogens with one attached hydrogen (secondary N) is 1. The fourth-order valence-corrected chi connectivity index (χ4v) is 4.13. The molecule has 0 saturated carbocycles. The number of rotatable bonds is 3. The Labute approximate surface area is 130 Å². The van der Waals surface area contributed by atoms with Gasteiger partial charge in [-0.2, -0.15) is 0 Å². The van der Waals surface area contributed by atoms with Crippen molar-refractivity contribution in [2.24, 2.45) is 0 Å². The van der Waals surface area contributed by atoms with Gasteiger partial charge in [0.25, 0.3) is 0 Å². The van der Waals surface area contributed by atoms with Crippen molar-refractivity contribution in [3.05, 3.63) is 15.6 Å². The second-order valence-corrected chi connectivity index (χ2v) is 7.24. The van der Waals surface area contributed by atoms with Crippen molar-refractivity contribution >= 4 is 17.2 Å². The molecule has 1 unspecified atom stereocenters. The van der Waals surface area contributed by atoms with Gasteiger partial charge in [0, 0.05) is 31.1 Å². The molecule has 3 rings (SSSR count). The van der Waals surface area contributed by atoms with Crippen LogP contribution >= 0.6 is 11.3 Å². The van der Waals surface area contributed by atoms with E-state index in [9.17, 15) is 4.79 Å². The first kappa shape index (κ1) is 14.9. The van der Waals surface area contributed by atoms with Gasteiger partial charge in [0.2, 0.25) is 5.91 Å². The van der Waals surface area contributed by atoms with E-state index >= 15 is 0 Å². The molecule has 1 aromatic heterocycles. The molecule has 3 heterocycles. The van der Waals surface area contributed by atoms with Crippen molar-refractivity contribution in [3.8, 4) is 0 Å². The third-order valence-electron chi connectivity index (χ3n) is 4.49. The maximum Gasteiger partial charge on any atom is 0.240 e. The van der Waals surface area contributed by atoms with Crippen LogP contribution in [0, 0.1) is 13.8 Å². The minimum Gasteiger partial charge on any atom is -0.339 e. The van der Waals surface area contributed by atoms with Gasteiger partial charge in [0.1, 0.15) is 5.01 Å². The molecule has 0 radical (unpaired) electrons. The minimum atomic E-state index is 0.0626. The van der Waals surface area contributed by atoms with E-state index in [4.69, 9.17) is 0 Å². The van der Waals surface area contributed by atoms with Crippen LogP contribution in [0.3, 0.4) is 0 Å². The molecule has 116 valence electrons. The molecule has 2 fully saturated rings. The number of likely N-dealkylation sites (tertiary alicyclic amines) is 1. The summed E-state index contributed by atoms with van der Waals surface area (Å²) in [6, 6.07) is 0.0626. The van der Waals surface area contributed by atoms with Crippen LogP contribution in [-0.2, 0) is 11.3 Å². The van der Waals surface area contributed by atoms with E-state index in [0.717, 1.165) is 62.8 Å². The average molecular weight is 308 g/mol. The molecule has 0 aromatic carbocycles. The SMILES string of the molecule is Cc1nc(CN2CCCC2C(=O)N2CCNCC2)sc1C. The van der Waals surface area contributed by atoms with Crippen molar-refractivity contribution in [1.29, 1.82) is 0 Å². The minimum absolute atomic E-state index is 0.0626. The standard InChI is InChI=1S/C15H24N4OS/c1-11-12(2)21-14(17-11)10-19-7-3-4-13(19)15(20)18-8-5-16-6-9-18/h13,16H,3-10H2,1-2H3. The van der Waals surface area contributed by atoms with E-state index in [-0.39, 0.29) is 6.04 Å². The Morgan fingerprint density at radius 3 is 2.76 bits per heavy atom. The summed E-state index contributed by atoms with van der Waals surface area (Å²) in [7, 11) is 0. The van der Waals surface area contributed by atoms with Crippen LogP contribution in [0.15, 0.2) is 0 Å². The summed E-state index contributed by atoms with van der Waals surface area (Å²) in [5, 5.41) is 4.45. The number of hydrogen-bond donors (Lipinski definition) is 1. The van der Waals surface area contributed by atoms with Crippen LogP contribution in [0.5, 0.6) is 0 Å². The monoisotopic (exact) mass is 308 g/mol. The number of aromatic nitrogens is 1. The zero-order valence-electron chi connectivity index (χ0n) is 12.9. The zero-order chi connectivity index (χ0) is 14.8. The number of thiazole rings is 1. The number of amides is 1. The molecule has 6 heteroatoms. The lowest BCUT2D eigenvalue weighted by Crippen LogP contribution is -2.52. The lowest BCUT2D eigenvalue weighted by Gasteiger charge is -2.32. The second kappa shape index (κ2) is 6.42. The lowest BCUT2D eigenvalue weighted by atomic mass is 10.1. The summed E-state index contributed by atoms with van der Waals surface area (Å²) >= 11 is 1.76. The maximum absolute atomic E-state index is 12.7. The Morgan fingerprint density at radius 2 is 2.10 bits per heavy atom. The number of piperazine rings is 1. The maximum atomic E-state index is 12.7. The van der Waals surface area contributed by atoms with Gasteiger partial charge < -0.3 is 10.2 Å². The van der Waals surface area contributed by atoms with Crippen LogP contribution in [0.4, 0.5) is 0 Å². The average Bonchev–Trinajstić information content (AvgIpc) is 3.07. The molecular weight excluding hydrogens is 284 g/mol. The van der Waals surface area contributed by atoms with E-state index in [0.29, 0.717) is 5.91 Å². The van der Waals surface area contributed by atoms with E-state index in [1.165, 1.54) is 4.88 Å². The number of nitrogens with zero attached hydrogens (tertiary/aromatic N) is 3. The molecule has 1 aromatic rings. The second-order valence-electron chi connectivity index (χ2n) is 5.95. The lowest BCUT2D eigenvalue weighted by molar-refractivity contribution is -0.136. The summed E-state index contributed by atoms with van der Waals surface area (Å²) in [5.74, 6) is 0.319. The molecular formula is C15H24N4OS. The molecule has 2 aliphatic heterocycles. The summed E-state index contributed by atoms with van der Waals surface area (Å²) in [6.07, 6.45) is 2.11. The van der Waals surface area contributed by atoms with Gasteiger partial charge >= 0.3 is 0 Å². The molecule has 1 N–H and O–H groups in total. The predicted octanol–water partition coefficient (Wildman–Crippen LogP) is 1.16. The molecule has 0 spiro atoms. The number of carbonyl (C=O) groups is 1. The topological polar surface area (TPSA) is 48.5 Å². The Kier molecular flexibility index (Phi) is 4.57. The molecule has 1 amide bonds. The Morgan fingerprint density at radius 1 is 1.33 bits per heavy atom. The summed E-state index contributed by atoms with van der Waals surface area (Å²) in [4.78, 5) is 23.0. The fraction of sp³-hybridized carbons (Fsp3) is 0.733. The van der Waals surface area contributed by atoms with E-state index in [2.05, 4.69) is 29.0 Å². The summed E-state index contributed by atoms with van der Waals surface area (Å²) in [6.45, 7) is 9.54. The largest absolute Gasteiger partial charge is 0.339 e. The molecule has 0 bridgehead atoms. The van der Waals surface area contributed by atoms with Gasteiger partial charge in [-0.1, -0.05) is 0 Å². The highest BCUT2D eigenvalue weighted by Crippen LogP contribution is 2.25. The first-order valence-corrected chi connectivity index (χ1v) is 8.63. The van der Waals surface area contributed by atoms with Crippen LogP contribution in [-0.4, -0.2) is 59.5 Å². The Balaban J connectivity index is 1.65. The smallest absolute Gasteiger partial charge is 0.240 e. The van der Waals surface area contributed by atoms with Crippen LogP contribution in [0.2, 0.25) is 0 Å². The van der Waals surface area contributed by atoms with Gasteiger partial charge in [-0.25, -0.2) is 4.98 Å². The highest BCUT2D eigenvalue weighted by atomic mass is 32.1. The third-order valence-corrected chi connectivity index (χ3v) is 5.55. The predicted molar refractivity (Wildman–Crippen MR) is 84.5 cm³/mol. The number of hydrogen-bond acceptors (Lipinski definition) is 5. The highest BCUT2D eigenvalue weighted by molar-refractivity contribution is 7.11. The quantitative estimate of drug-likeness (QED) is 0.910. The highest BCUT2D eigenvalue weighted by Gasteiger charge is 2.34. The van der Waals surface area contributed by atoms with Gasteiger partial charge in [0.05, 0.1) is 18.3 Å². The van der Waals surface area contributed by atoms with Gasteiger partial charge in [-0.15, -0.1) is 11.3 Å². The van der Waals surface area contributed by atoms with Crippen molar-refractivity contribution in [1.82, 2.24) is 20.1 Å². The van der Waals surface area contributed by atoms with Crippen LogP contribution in [0.25, 0.3) is 0 Å². The third kappa shape index (κ3) is 3.27. The molecule has 1 atom stereocenters. The van der Waals surface area contributed by atoms with Crippen LogP contribution in [0.1, 0.15) is 28.4 Å². The van der Waals surface area contributed by atoms with Gasteiger partial charge in [-0.3, -0.25) is 9.69 Å². The first-order chi connectivity index (χ1) is 10.1. The van der Waals surface area contributed by atoms with Crippen molar-refractivity contribution in [2.75, 3.05) is 32.7 Å². The molecule has 21 heavy (non-hydrogen) atoms. The fourth-order valence-electron chi connectivity index (χ4n) is 3.17. The Bertz CT molecular complexity index is 490. The summed E-state index contributed by atoms with van der Waals surface area (Å²) in [5.41, 5.74) is 1.12. The van der Waals surface area contributed by atoms with Crippen molar-refractivity contribution in [2.45, 2.75) is 39.3 Å². The molecule has 2 aliphatic rings. The summed E-state index contributed by atoms with van der Waals surface area (Å²) < 4.78 is 0. The van der Waals surface area contributed by atoms with E-state index in [1.807, 2.05) is 4.90 Å². The number of carbonyl (C=O) groups excluding carboxylic acids is 1. The number of aryl methyl sites for hydroxylation is 2. The van der Waals surface area contributed by atoms with Crippen molar-refractivity contribution < 1.29 is 4.79 Å². The van der Waals surface area contributed by atoms with E-state index in [1.54, 1.807) is 11.3 Å². The Hall–Kier alpha value is -0.980. The first-order valence-electron chi connectivity index (χ1n) is 7.81. The molecule has 2 saturated heterocycles.